The van der Waals surface area contributed by atoms with Crippen LogP contribution in [0.3, 0.4) is 0 Å². The Hall–Kier alpha value is -1.95. The molecule has 2 rings (SSSR count). The van der Waals surface area contributed by atoms with Crippen LogP contribution >= 0.6 is 15.9 Å². The summed E-state index contributed by atoms with van der Waals surface area (Å²) in [5.41, 5.74) is 0.558. The molecule has 0 heterocycles. The number of benzene rings is 2. The second kappa shape index (κ2) is 6.00. The van der Waals surface area contributed by atoms with Gasteiger partial charge in [0.25, 0.3) is 0 Å². The summed E-state index contributed by atoms with van der Waals surface area (Å²) >= 11 is 3.33. The van der Waals surface area contributed by atoms with Crippen molar-refractivity contribution in [2.45, 2.75) is 0 Å². The lowest BCUT2D eigenvalue weighted by Crippen LogP contribution is -2.31. The zero-order chi connectivity index (χ0) is 14.7. The quantitative estimate of drug-likeness (QED) is 0.863. The van der Waals surface area contributed by atoms with Gasteiger partial charge < -0.3 is 5.32 Å². The van der Waals surface area contributed by atoms with Crippen LogP contribution in [0.15, 0.2) is 46.9 Å². The van der Waals surface area contributed by atoms with E-state index < -0.39 is 17.7 Å². The summed E-state index contributed by atoms with van der Waals surface area (Å²) in [5.74, 6) is -1.52. The minimum Gasteiger partial charge on any atom is -0.305 e. The van der Waals surface area contributed by atoms with Gasteiger partial charge in [-0.2, -0.15) is 0 Å². The van der Waals surface area contributed by atoms with E-state index in [-0.39, 0.29) is 5.69 Å². The molecular formula is C14H11BrF2N2O. The fraction of sp³-hybridized carbons (Fsp3) is 0.0714. The lowest BCUT2D eigenvalue weighted by molar-refractivity contribution is 0.258. The van der Waals surface area contributed by atoms with Crippen molar-refractivity contribution in [3.63, 3.8) is 0 Å². The SMILES string of the molecule is CN(C(=O)Nc1ccc(F)cc1F)c1ccccc1Br. The number of hydrogen-bond donors (Lipinski definition) is 1. The predicted molar refractivity (Wildman–Crippen MR) is 77.9 cm³/mol. The van der Waals surface area contributed by atoms with Gasteiger partial charge in [0.05, 0.1) is 11.4 Å². The Morgan fingerprint density at radius 2 is 1.90 bits per heavy atom. The molecule has 0 saturated carbocycles. The van der Waals surface area contributed by atoms with Crippen molar-refractivity contribution < 1.29 is 13.6 Å². The van der Waals surface area contributed by atoms with Crippen LogP contribution in [0.1, 0.15) is 0 Å². The number of amides is 2. The first-order valence-corrected chi connectivity index (χ1v) is 6.52. The number of para-hydroxylation sites is 1. The van der Waals surface area contributed by atoms with Gasteiger partial charge in [-0.25, -0.2) is 13.6 Å². The van der Waals surface area contributed by atoms with Crippen LogP contribution in [-0.2, 0) is 0 Å². The second-order valence-electron chi connectivity index (χ2n) is 4.06. The molecule has 0 aliphatic carbocycles. The van der Waals surface area contributed by atoms with Crippen LogP contribution in [-0.4, -0.2) is 13.1 Å². The summed E-state index contributed by atoms with van der Waals surface area (Å²) in [5, 5.41) is 2.39. The number of urea groups is 1. The Bertz CT molecular complexity index is 649. The van der Waals surface area contributed by atoms with E-state index in [0.717, 1.165) is 10.5 Å². The van der Waals surface area contributed by atoms with Crippen molar-refractivity contribution in [2.75, 3.05) is 17.3 Å². The van der Waals surface area contributed by atoms with Gasteiger partial charge in [0.1, 0.15) is 11.6 Å². The van der Waals surface area contributed by atoms with Gasteiger partial charge in [-0.3, -0.25) is 4.90 Å². The standard InChI is InChI=1S/C14H11BrF2N2O/c1-19(13-5-3-2-4-10(13)15)14(20)18-12-7-6-9(16)8-11(12)17/h2-8H,1H3,(H,18,20). The van der Waals surface area contributed by atoms with Crippen LogP contribution in [0, 0.1) is 11.6 Å². The minimum absolute atomic E-state index is 0.0738. The van der Waals surface area contributed by atoms with Gasteiger partial charge in [-0.05, 0) is 40.2 Å². The Morgan fingerprint density at radius 3 is 2.55 bits per heavy atom. The summed E-state index contributed by atoms with van der Waals surface area (Å²) in [4.78, 5) is 13.4. The van der Waals surface area contributed by atoms with Crippen molar-refractivity contribution in [3.8, 4) is 0 Å². The maximum absolute atomic E-state index is 13.5. The van der Waals surface area contributed by atoms with Gasteiger partial charge in [0.2, 0.25) is 0 Å². The van der Waals surface area contributed by atoms with Gasteiger partial charge in [0.15, 0.2) is 0 Å². The van der Waals surface area contributed by atoms with Crippen molar-refractivity contribution in [1.82, 2.24) is 0 Å². The molecule has 0 atom stereocenters. The Morgan fingerprint density at radius 1 is 1.20 bits per heavy atom. The normalized spacial score (nSPS) is 10.2. The predicted octanol–water partition coefficient (Wildman–Crippen LogP) is 4.40. The van der Waals surface area contributed by atoms with Crippen molar-refractivity contribution in [2.24, 2.45) is 0 Å². The number of halogens is 3. The Labute approximate surface area is 123 Å². The minimum atomic E-state index is -0.820. The summed E-state index contributed by atoms with van der Waals surface area (Å²) in [6.45, 7) is 0. The molecule has 0 fully saturated rings. The molecular weight excluding hydrogens is 330 g/mol. The molecule has 0 spiro atoms. The van der Waals surface area contributed by atoms with E-state index >= 15 is 0 Å². The van der Waals surface area contributed by atoms with E-state index in [1.165, 1.54) is 11.0 Å². The topological polar surface area (TPSA) is 32.3 Å². The molecule has 0 aliphatic rings. The zero-order valence-corrected chi connectivity index (χ0v) is 12.1. The largest absolute Gasteiger partial charge is 0.326 e. The van der Waals surface area contributed by atoms with Crippen LogP contribution in [0.4, 0.5) is 25.0 Å². The number of carbonyl (C=O) groups excluding carboxylic acids is 1. The van der Waals surface area contributed by atoms with Crippen LogP contribution < -0.4 is 10.2 Å². The van der Waals surface area contributed by atoms with Crippen molar-refractivity contribution in [3.05, 3.63) is 58.6 Å². The van der Waals surface area contributed by atoms with Crippen LogP contribution in [0.2, 0.25) is 0 Å². The van der Waals surface area contributed by atoms with E-state index in [0.29, 0.717) is 11.8 Å². The molecule has 0 bridgehead atoms. The van der Waals surface area contributed by atoms with Crippen molar-refractivity contribution >= 4 is 33.3 Å². The molecule has 6 heteroatoms. The number of nitrogens with zero attached hydrogens (tertiary/aromatic N) is 1. The average Bonchev–Trinajstić information content (AvgIpc) is 2.41. The number of carbonyl (C=O) groups is 1. The fourth-order valence-electron chi connectivity index (χ4n) is 1.62. The number of rotatable bonds is 2. The van der Waals surface area contributed by atoms with Crippen LogP contribution in [0.25, 0.3) is 0 Å². The molecule has 3 nitrogen and oxygen atoms in total. The molecule has 0 saturated heterocycles. The smallest absolute Gasteiger partial charge is 0.305 e. The van der Waals surface area contributed by atoms with Gasteiger partial charge in [-0.15, -0.1) is 0 Å². The molecule has 0 aromatic heterocycles. The Balaban J connectivity index is 2.18. The zero-order valence-electron chi connectivity index (χ0n) is 10.5. The average molecular weight is 341 g/mol. The highest BCUT2D eigenvalue weighted by Gasteiger charge is 2.15. The first-order valence-electron chi connectivity index (χ1n) is 5.73. The highest BCUT2D eigenvalue weighted by Crippen LogP contribution is 2.25. The molecule has 2 aromatic carbocycles. The number of hydrogen-bond acceptors (Lipinski definition) is 1. The second-order valence-corrected chi connectivity index (χ2v) is 4.92. The maximum Gasteiger partial charge on any atom is 0.326 e. The molecule has 2 aromatic rings. The molecule has 104 valence electrons. The monoisotopic (exact) mass is 340 g/mol. The molecule has 0 aliphatic heterocycles. The molecule has 2 amide bonds. The highest BCUT2D eigenvalue weighted by atomic mass is 79.9. The van der Waals surface area contributed by atoms with E-state index in [4.69, 9.17) is 0 Å². The third-order valence-electron chi connectivity index (χ3n) is 2.69. The van der Waals surface area contributed by atoms with Crippen molar-refractivity contribution in [1.29, 1.82) is 0 Å². The summed E-state index contributed by atoms with van der Waals surface area (Å²) in [6, 6.07) is 9.58. The molecule has 20 heavy (non-hydrogen) atoms. The van der Waals surface area contributed by atoms with E-state index in [1.807, 2.05) is 6.07 Å². The third-order valence-corrected chi connectivity index (χ3v) is 3.36. The van der Waals surface area contributed by atoms with Crippen LogP contribution in [0.5, 0.6) is 0 Å². The van der Waals surface area contributed by atoms with Gasteiger partial charge >= 0.3 is 6.03 Å². The fourth-order valence-corrected chi connectivity index (χ4v) is 2.17. The number of anilines is 2. The summed E-state index contributed by atoms with van der Waals surface area (Å²) in [6.07, 6.45) is 0. The van der Waals surface area contributed by atoms with E-state index in [2.05, 4.69) is 21.2 Å². The van der Waals surface area contributed by atoms with E-state index in [9.17, 15) is 13.6 Å². The Kier molecular flexibility index (Phi) is 4.34. The van der Waals surface area contributed by atoms with Gasteiger partial charge in [-0.1, -0.05) is 12.1 Å². The molecule has 1 N–H and O–H groups in total. The lowest BCUT2D eigenvalue weighted by Gasteiger charge is -2.19. The van der Waals surface area contributed by atoms with Gasteiger partial charge in [0, 0.05) is 17.6 Å². The number of nitrogens with one attached hydrogen (secondary N) is 1. The summed E-state index contributed by atoms with van der Waals surface area (Å²) < 4.78 is 27.0. The molecule has 0 unspecified atom stereocenters. The summed E-state index contributed by atoms with van der Waals surface area (Å²) in [7, 11) is 1.55. The molecule has 0 radical (unpaired) electrons. The van der Waals surface area contributed by atoms with E-state index in [1.54, 1.807) is 25.2 Å². The third kappa shape index (κ3) is 3.14. The lowest BCUT2D eigenvalue weighted by atomic mass is 10.3. The highest BCUT2D eigenvalue weighted by molar-refractivity contribution is 9.10. The first kappa shape index (κ1) is 14.5. The first-order chi connectivity index (χ1) is 9.49. The maximum atomic E-state index is 13.5.